The lowest BCUT2D eigenvalue weighted by molar-refractivity contribution is -0.158. The van der Waals surface area contributed by atoms with Gasteiger partial charge in [-0.25, -0.2) is 18.0 Å². The Balaban J connectivity index is 0.000000544. The van der Waals surface area contributed by atoms with Crippen molar-refractivity contribution in [1.29, 1.82) is 0 Å². The second-order valence-corrected chi connectivity index (χ2v) is 17.8. The fourth-order valence-corrected chi connectivity index (χ4v) is 7.31. The van der Waals surface area contributed by atoms with Crippen LogP contribution in [0.4, 0.5) is 0 Å². The van der Waals surface area contributed by atoms with Crippen molar-refractivity contribution in [1.82, 2.24) is 4.98 Å². The molecule has 11 nitrogen and oxygen atoms in total. The van der Waals surface area contributed by atoms with Crippen molar-refractivity contribution in [3.8, 4) is 17.2 Å². The Bertz CT molecular complexity index is 2030. The van der Waals surface area contributed by atoms with Gasteiger partial charge in [0.05, 0.1) is 21.5 Å². The van der Waals surface area contributed by atoms with Crippen LogP contribution < -0.4 is 14.2 Å². The van der Waals surface area contributed by atoms with E-state index in [4.69, 9.17) is 23.7 Å². The number of hydrogen-bond acceptors (Lipinski definition) is 11. The van der Waals surface area contributed by atoms with Crippen LogP contribution in [0.15, 0.2) is 141 Å². The molecule has 5 rings (SSSR count). The zero-order chi connectivity index (χ0) is 40.9. The van der Waals surface area contributed by atoms with E-state index < -0.39 is 44.2 Å². The van der Waals surface area contributed by atoms with Gasteiger partial charge in [-0.05, 0) is 146 Å². The van der Waals surface area contributed by atoms with Crippen LogP contribution in [0.1, 0.15) is 52.8 Å². The molecule has 296 valence electrons. The zero-order valence-electron chi connectivity index (χ0n) is 32.5. The van der Waals surface area contributed by atoms with Gasteiger partial charge in [0.15, 0.2) is 27.9 Å². The molecule has 13 heteroatoms. The van der Waals surface area contributed by atoms with E-state index in [-0.39, 0.29) is 18.1 Å². The topological polar surface area (TPSA) is 150 Å². The molecule has 56 heavy (non-hydrogen) atoms. The first-order valence-electron chi connectivity index (χ1n) is 17.6. The van der Waals surface area contributed by atoms with Crippen molar-refractivity contribution in [3.63, 3.8) is 0 Å². The number of aromatic nitrogens is 1. The summed E-state index contributed by atoms with van der Waals surface area (Å²) in [5.74, 6) is 1.02. The lowest BCUT2D eigenvalue weighted by atomic mass is 10.2. The van der Waals surface area contributed by atoms with Crippen molar-refractivity contribution in [3.05, 3.63) is 133 Å². The molecule has 0 saturated heterocycles. The minimum Gasteiger partial charge on any atom is -0.744 e. The summed E-state index contributed by atoms with van der Waals surface area (Å²) in [5, 5.41) is 0. The van der Waals surface area contributed by atoms with Crippen molar-refractivity contribution in [2.45, 2.75) is 85.9 Å². The number of benzene rings is 4. The highest BCUT2D eigenvalue weighted by Gasteiger charge is 2.29. The first-order chi connectivity index (χ1) is 26.3. The number of pyridine rings is 1. The third-order valence-corrected chi connectivity index (χ3v) is 10.2. The van der Waals surface area contributed by atoms with Gasteiger partial charge < -0.3 is 28.2 Å². The average molecular weight is 802 g/mol. The second kappa shape index (κ2) is 19.5. The number of carbonyl (C=O) groups excluding carboxylic acids is 2. The molecular weight excluding hydrogens is 755 g/mol. The predicted octanol–water partition coefficient (Wildman–Crippen LogP) is 8.10. The zero-order valence-corrected chi connectivity index (χ0v) is 34.1. The molecular formula is C43H47NO10S2. The maximum Gasteiger partial charge on any atom is 0.344 e. The third-order valence-electron chi connectivity index (χ3n) is 7.15. The Morgan fingerprint density at radius 2 is 1.02 bits per heavy atom. The van der Waals surface area contributed by atoms with Crippen molar-refractivity contribution in [2.75, 3.05) is 13.2 Å². The largest absolute Gasteiger partial charge is 0.744 e. The van der Waals surface area contributed by atoms with Gasteiger partial charge in [-0.15, -0.1) is 0 Å². The van der Waals surface area contributed by atoms with E-state index in [2.05, 4.69) is 17.1 Å². The molecule has 0 fully saturated rings. The summed E-state index contributed by atoms with van der Waals surface area (Å²) in [6.07, 6.45) is 1.75. The minimum atomic E-state index is -4.27. The lowest BCUT2D eigenvalue weighted by Gasteiger charge is -2.19. The number of ether oxygens (including phenoxy) is 5. The summed E-state index contributed by atoms with van der Waals surface area (Å²) in [4.78, 5) is 31.5. The quantitative estimate of drug-likeness (QED) is 0.0646. The van der Waals surface area contributed by atoms with Crippen molar-refractivity contribution < 1.29 is 46.2 Å². The van der Waals surface area contributed by atoms with Crippen molar-refractivity contribution in [2.24, 2.45) is 0 Å². The molecule has 0 radical (unpaired) electrons. The maximum atomic E-state index is 12.1. The fourth-order valence-electron chi connectivity index (χ4n) is 4.80. The highest BCUT2D eigenvalue weighted by atomic mass is 32.2. The normalized spacial score (nSPS) is 11.5. The molecule has 4 aromatic carbocycles. The molecule has 0 aliphatic carbocycles. The van der Waals surface area contributed by atoms with Crippen LogP contribution in [0.2, 0.25) is 0 Å². The summed E-state index contributed by atoms with van der Waals surface area (Å²) in [5.41, 5.74) is 0.629. The Labute approximate surface area is 332 Å². The summed E-state index contributed by atoms with van der Waals surface area (Å²) >= 11 is 0. The van der Waals surface area contributed by atoms with E-state index in [9.17, 15) is 22.6 Å². The number of rotatable bonds is 13. The molecule has 0 aliphatic rings. The van der Waals surface area contributed by atoms with Crippen LogP contribution >= 0.6 is 0 Å². The highest BCUT2D eigenvalue weighted by Crippen LogP contribution is 2.34. The first-order valence-corrected chi connectivity index (χ1v) is 20.3. The SMILES string of the molecule is CC(C)(C)OC(=O)COc1ccc([S+](c2ccc(OCC(=O)OC(C)(C)C)cc2)c2ccc(OCc3ccccn3)cc2)cc1.Cc1ccc(S(=O)(=O)[O-])cc1. The van der Waals surface area contributed by atoms with E-state index >= 15 is 0 Å². The van der Waals surface area contributed by atoms with Crippen LogP contribution in [0, 0.1) is 6.92 Å². The number of hydrogen-bond donors (Lipinski definition) is 0. The van der Waals surface area contributed by atoms with Crippen LogP contribution in [0.5, 0.6) is 17.2 Å². The van der Waals surface area contributed by atoms with Crippen LogP contribution in [0.3, 0.4) is 0 Å². The van der Waals surface area contributed by atoms with Gasteiger partial charge in [0.1, 0.15) is 45.2 Å². The molecule has 0 N–H and O–H groups in total. The average Bonchev–Trinajstić information content (AvgIpc) is 3.13. The highest BCUT2D eigenvalue weighted by molar-refractivity contribution is 7.97. The smallest absolute Gasteiger partial charge is 0.344 e. The molecule has 0 amide bonds. The van der Waals surface area contributed by atoms with Crippen molar-refractivity contribution >= 4 is 33.0 Å². The first kappa shape index (κ1) is 43.4. The molecule has 0 spiro atoms. The predicted molar refractivity (Wildman–Crippen MR) is 212 cm³/mol. The molecule has 1 aromatic heterocycles. The number of aryl methyl sites for hydroxylation is 1. The van der Waals surface area contributed by atoms with Crippen LogP contribution in [-0.2, 0) is 46.7 Å². The standard InChI is InChI=1S/C36H40NO7S.C7H8O3S/c1-35(2,3)43-33(38)24-41-28-12-18-31(19-13-28)45(30-16-10-27(11-17-30)40-23-26-9-7-8-22-37-26)32-20-14-29(15-21-32)42-25-34(39)44-36(4,5)6;1-6-2-4-7(5-3-6)11(8,9)10/h7-22H,23-25H2,1-6H3;2-5H,1H3,(H,8,9,10)/q+1;/p-1. The van der Waals surface area contributed by atoms with Gasteiger partial charge in [-0.1, -0.05) is 23.8 Å². The third kappa shape index (κ3) is 15.0. The van der Waals surface area contributed by atoms with Gasteiger partial charge in [0.2, 0.25) is 0 Å². The second-order valence-electron chi connectivity index (χ2n) is 14.3. The Morgan fingerprint density at radius 3 is 1.38 bits per heavy atom. The number of esters is 2. The molecule has 0 atom stereocenters. The van der Waals surface area contributed by atoms with E-state index in [1.165, 1.54) is 12.1 Å². The van der Waals surface area contributed by atoms with E-state index in [0.717, 1.165) is 31.7 Å². The van der Waals surface area contributed by atoms with Crippen LogP contribution in [0.25, 0.3) is 0 Å². The summed E-state index contributed by atoms with van der Waals surface area (Å²) < 4.78 is 59.2. The molecule has 0 unspecified atom stereocenters. The van der Waals surface area contributed by atoms with E-state index in [0.29, 0.717) is 18.1 Å². The minimum absolute atomic E-state index is 0.174. The Morgan fingerprint density at radius 1 is 0.607 bits per heavy atom. The summed E-state index contributed by atoms with van der Waals surface area (Å²) in [6.45, 7) is 12.8. The van der Waals surface area contributed by atoms with Gasteiger partial charge in [-0.2, -0.15) is 0 Å². The molecule has 1 heterocycles. The lowest BCUT2D eigenvalue weighted by Crippen LogP contribution is -2.27. The van der Waals surface area contributed by atoms with Crippen LogP contribution in [-0.4, -0.2) is 54.3 Å². The van der Waals surface area contributed by atoms with E-state index in [1.807, 2.05) is 127 Å². The number of nitrogens with zero attached hydrogens (tertiary/aromatic N) is 1. The summed E-state index contributed by atoms with van der Waals surface area (Å²) in [7, 11) is -4.76. The Kier molecular flexibility index (Phi) is 15.1. The number of carbonyl (C=O) groups is 2. The van der Waals surface area contributed by atoms with Gasteiger partial charge >= 0.3 is 11.9 Å². The molecule has 5 aromatic rings. The fraction of sp³-hybridized carbons (Fsp3) is 0.279. The van der Waals surface area contributed by atoms with Gasteiger partial charge in [0, 0.05) is 6.20 Å². The molecule has 0 saturated carbocycles. The molecule has 0 bridgehead atoms. The van der Waals surface area contributed by atoms with Gasteiger partial charge in [0.25, 0.3) is 0 Å². The molecule has 0 aliphatic heterocycles. The Hall–Kier alpha value is -5.37. The summed E-state index contributed by atoms with van der Waals surface area (Å²) in [6, 6.07) is 34.9. The van der Waals surface area contributed by atoms with E-state index in [1.54, 1.807) is 18.3 Å². The maximum absolute atomic E-state index is 12.1. The van der Waals surface area contributed by atoms with Gasteiger partial charge in [-0.3, -0.25) is 4.98 Å². The monoisotopic (exact) mass is 801 g/mol.